The van der Waals surface area contributed by atoms with Crippen LogP contribution in [-0.4, -0.2) is 8.94 Å². The second-order valence-electron chi connectivity index (χ2n) is 3.41. The zero-order chi connectivity index (χ0) is 12.1. The quantitative estimate of drug-likeness (QED) is 0.717. The van der Waals surface area contributed by atoms with Gasteiger partial charge in [0.05, 0.1) is 11.8 Å². The number of hydrogen-bond donors (Lipinski definition) is 0. The molecular weight excluding hydrogens is 241 g/mol. The predicted molar refractivity (Wildman–Crippen MR) is 54.6 cm³/mol. The summed E-state index contributed by atoms with van der Waals surface area (Å²) in [6.07, 6.45) is -3.38. The van der Waals surface area contributed by atoms with E-state index in [1.54, 1.807) is 0 Å². The van der Waals surface area contributed by atoms with Gasteiger partial charge in [-0.2, -0.15) is 17.5 Å². The Morgan fingerprint density at radius 2 is 2.06 bits per heavy atom. The van der Waals surface area contributed by atoms with Crippen molar-refractivity contribution in [1.82, 2.24) is 8.94 Å². The average Bonchev–Trinajstić information content (AvgIpc) is 2.61. The summed E-state index contributed by atoms with van der Waals surface area (Å²) < 4.78 is 43.3. The smallest absolute Gasteiger partial charge is 0.301 e. The number of rotatable bonds is 0. The normalized spacial score (nSPS) is 12.3. The molecule has 0 aliphatic carbocycles. The van der Waals surface area contributed by atoms with Crippen molar-refractivity contribution in [3.8, 4) is 0 Å². The van der Waals surface area contributed by atoms with Gasteiger partial charge in [0.1, 0.15) is 4.83 Å². The highest BCUT2D eigenvalue weighted by Crippen LogP contribution is 2.36. The van der Waals surface area contributed by atoms with Crippen molar-refractivity contribution in [2.45, 2.75) is 13.1 Å². The summed E-state index contributed by atoms with van der Waals surface area (Å²) in [5.74, 6) is 0. The molecule has 0 aliphatic heterocycles. The number of aromatic nitrogens is 2. The van der Waals surface area contributed by atoms with Crippen LogP contribution in [0.4, 0.5) is 13.2 Å². The summed E-state index contributed by atoms with van der Waals surface area (Å²) >= 11 is 0.880. The third-order valence-electron chi connectivity index (χ3n) is 2.41. The first-order valence-electron chi connectivity index (χ1n) is 4.35. The highest BCUT2D eigenvalue weighted by Gasteiger charge is 2.36. The molecule has 16 heavy (non-hydrogen) atoms. The van der Waals surface area contributed by atoms with Gasteiger partial charge in [-0.05, 0) is 18.5 Å². The Bertz CT molecular complexity index is 611. The molecule has 2 aromatic rings. The molecule has 86 valence electrons. The minimum Gasteiger partial charge on any atom is -0.301 e. The van der Waals surface area contributed by atoms with Gasteiger partial charge < -0.3 is 4.57 Å². The fraction of sp³-hybridized carbons (Fsp3) is 0.333. The summed E-state index contributed by atoms with van der Waals surface area (Å²) in [6, 6.07) is 0. The summed E-state index contributed by atoms with van der Waals surface area (Å²) in [5.41, 5.74) is -1.80. The third kappa shape index (κ3) is 1.42. The molecule has 0 aromatic carbocycles. The van der Waals surface area contributed by atoms with Gasteiger partial charge in [-0.15, -0.1) is 0 Å². The molecule has 0 unspecified atom stereocenters. The molecule has 0 saturated carbocycles. The molecule has 3 nitrogen and oxygen atoms in total. The van der Waals surface area contributed by atoms with Gasteiger partial charge in [-0.25, -0.2) is 0 Å². The Hall–Kier alpha value is -1.37. The number of nitrogens with zero attached hydrogens (tertiary/aromatic N) is 2. The van der Waals surface area contributed by atoms with Crippen LogP contribution in [0.25, 0.3) is 10.2 Å². The van der Waals surface area contributed by atoms with Crippen LogP contribution in [0.3, 0.4) is 0 Å². The number of halogens is 3. The second kappa shape index (κ2) is 3.31. The molecule has 2 heterocycles. The molecule has 0 N–H and O–H groups in total. The van der Waals surface area contributed by atoms with Crippen LogP contribution in [0.5, 0.6) is 0 Å². The zero-order valence-electron chi connectivity index (χ0n) is 8.42. The zero-order valence-corrected chi connectivity index (χ0v) is 9.24. The molecule has 0 radical (unpaired) electrons. The fourth-order valence-electron chi connectivity index (χ4n) is 1.66. The molecule has 2 aromatic heterocycles. The minimum absolute atomic E-state index is 0.0166. The first-order valence-corrected chi connectivity index (χ1v) is 5.12. The lowest BCUT2D eigenvalue weighted by molar-refractivity contribution is -0.136. The molecule has 0 aliphatic rings. The lowest BCUT2D eigenvalue weighted by Gasteiger charge is -2.12. The highest BCUT2D eigenvalue weighted by molar-refractivity contribution is 7.12. The van der Waals surface area contributed by atoms with Crippen molar-refractivity contribution in [2.24, 2.45) is 7.05 Å². The maximum absolute atomic E-state index is 12.8. The summed E-state index contributed by atoms with van der Waals surface area (Å²) in [5, 5.41) is -0.0166. The summed E-state index contributed by atoms with van der Waals surface area (Å²) in [6.45, 7) is 1.18. The first-order chi connectivity index (χ1) is 7.34. The summed E-state index contributed by atoms with van der Waals surface area (Å²) in [4.78, 5) is 11.8. The highest BCUT2D eigenvalue weighted by atomic mass is 32.1. The van der Waals surface area contributed by atoms with Crippen molar-refractivity contribution < 1.29 is 13.2 Å². The number of aryl methyl sites for hydroxylation is 1. The van der Waals surface area contributed by atoms with Crippen molar-refractivity contribution in [3.63, 3.8) is 0 Å². The van der Waals surface area contributed by atoms with Gasteiger partial charge in [-0.1, -0.05) is 0 Å². The van der Waals surface area contributed by atoms with E-state index in [2.05, 4.69) is 4.37 Å². The van der Waals surface area contributed by atoms with E-state index in [1.807, 2.05) is 0 Å². The second-order valence-corrected chi connectivity index (χ2v) is 4.19. The van der Waals surface area contributed by atoms with E-state index in [0.29, 0.717) is 0 Å². The van der Waals surface area contributed by atoms with Gasteiger partial charge in [0.2, 0.25) is 0 Å². The molecule has 7 heteroatoms. The number of hydrogen-bond acceptors (Lipinski definition) is 3. The predicted octanol–water partition coefficient (Wildman–Crippen LogP) is 2.32. The molecule has 0 saturated heterocycles. The monoisotopic (exact) mass is 248 g/mol. The van der Waals surface area contributed by atoms with Crippen molar-refractivity contribution in [1.29, 1.82) is 0 Å². The van der Waals surface area contributed by atoms with Crippen molar-refractivity contribution in [3.05, 3.63) is 27.7 Å². The number of pyridine rings is 1. The van der Waals surface area contributed by atoms with Crippen molar-refractivity contribution in [2.75, 3.05) is 0 Å². The largest absolute Gasteiger partial charge is 0.417 e. The first kappa shape index (κ1) is 11.1. The molecular formula is C9H7F3N2OS. The van der Waals surface area contributed by atoms with Crippen LogP contribution in [0, 0.1) is 6.92 Å². The number of alkyl halides is 3. The van der Waals surface area contributed by atoms with E-state index in [4.69, 9.17) is 0 Å². The fourth-order valence-corrected chi connectivity index (χ4v) is 2.38. The minimum atomic E-state index is -4.53. The van der Waals surface area contributed by atoms with Gasteiger partial charge in [0.25, 0.3) is 5.56 Å². The molecule has 0 atom stereocenters. The standard InChI is InChI=1S/C9H7F3N2OS/c1-4-6(9(10,11)12)5-3-13-16-8(5)14(2)7(4)15/h3H,1-2H3. The Balaban J connectivity index is 3.03. The van der Waals surface area contributed by atoms with Gasteiger partial charge in [0, 0.05) is 18.0 Å². The van der Waals surface area contributed by atoms with E-state index < -0.39 is 17.3 Å². The average molecular weight is 248 g/mol. The van der Waals surface area contributed by atoms with Gasteiger partial charge >= 0.3 is 6.18 Å². The lowest BCUT2D eigenvalue weighted by Crippen LogP contribution is -2.24. The van der Waals surface area contributed by atoms with E-state index >= 15 is 0 Å². The van der Waals surface area contributed by atoms with Crippen LogP contribution in [-0.2, 0) is 13.2 Å². The Morgan fingerprint density at radius 3 is 2.62 bits per heavy atom. The van der Waals surface area contributed by atoms with Crippen LogP contribution in [0.2, 0.25) is 0 Å². The van der Waals surface area contributed by atoms with Crippen LogP contribution < -0.4 is 5.56 Å². The van der Waals surface area contributed by atoms with E-state index in [9.17, 15) is 18.0 Å². The summed E-state index contributed by atoms with van der Waals surface area (Å²) in [7, 11) is 1.44. The van der Waals surface area contributed by atoms with Gasteiger partial charge in [-0.3, -0.25) is 4.79 Å². The molecule has 0 fully saturated rings. The maximum Gasteiger partial charge on any atom is 0.417 e. The molecule has 0 amide bonds. The maximum atomic E-state index is 12.8. The Labute approximate surface area is 92.3 Å². The lowest BCUT2D eigenvalue weighted by atomic mass is 10.1. The van der Waals surface area contributed by atoms with E-state index in [1.165, 1.54) is 18.5 Å². The van der Waals surface area contributed by atoms with Crippen LogP contribution in [0.1, 0.15) is 11.1 Å². The van der Waals surface area contributed by atoms with Crippen LogP contribution >= 0.6 is 11.5 Å². The molecule has 0 bridgehead atoms. The van der Waals surface area contributed by atoms with E-state index in [0.717, 1.165) is 17.7 Å². The number of fused-ring (bicyclic) bond motifs is 1. The third-order valence-corrected chi connectivity index (χ3v) is 3.29. The SMILES string of the molecule is Cc1c(C(F)(F)F)c2cnsc2n(C)c1=O. The Kier molecular flexibility index (Phi) is 2.30. The van der Waals surface area contributed by atoms with Crippen LogP contribution in [0.15, 0.2) is 11.0 Å². The van der Waals surface area contributed by atoms with Crippen molar-refractivity contribution >= 4 is 21.7 Å². The molecule has 2 rings (SSSR count). The topological polar surface area (TPSA) is 34.9 Å². The van der Waals surface area contributed by atoms with E-state index in [-0.39, 0.29) is 15.8 Å². The van der Waals surface area contributed by atoms with Gasteiger partial charge in [0.15, 0.2) is 0 Å². The Morgan fingerprint density at radius 1 is 1.44 bits per heavy atom. The molecule has 0 spiro atoms.